The first kappa shape index (κ1) is 26.9. The second-order valence-corrected chi connectivity index (χ2v) is 10.8. The minimum absolute atomic E-state index is 0.239. The summed E-state index contributed by atoms with van der Waals surface area (Å²) >= 11 is 0. The molecule has 0 saturated carbocycles. The van der Waals surface area contributed by atoms with Crippen LogP contribution < -0.4 is 14.9 Å². The summed E-state index contributed by atoms with van der Waals surface area (Å²) in [5.74, 6) is -0.859. The van der Waals surface area contributed by atoms with Gasteiger partial charge in [0.05, 0.1) is 29.2 Å². The van der Waals surface area contributed by atoms with E-state index in [0.717, 1.165) is 27.3 Å². The number of amides is 2. The molecular formula is C28H33N3O4S. The van der Waals surface area contributed by atoms with Gasteiger partial charge >= 0.3 is 0 Å². The number of para-hydroxylation sites is 1. The van der Waals surface area contributed by atoms with Crippen LogP contribution >= 0.6 is 0 Å². The molecule has 3 rings (SSSR count). The van der Waals surface area contributed by atoms with Crippen molar-refractivity contribution in [2.24, 2.45) is 0 Å². The van der Waals surface area contributed by atoms with Crippen molar-refractivity contribution in [1.29, 1.82) is 0 Å². The molecule has 190 valence electrons. The zero-order valence-electron chi connectivity index (χ0n) is 21.3. The summed E-state index contributed by atoms with van der Waals surface area (Å²) in [6.45, 7) is 7.47. The number of hydrogen-bond donors (Lipinski definition) is 2. The van der Waals surface area contributed by atoms with Crippen molar-refractivity contribution in [2.75, 3.05) is 15.9 Å². The average Bonchev–Trinajstić information content (AvgIpc) is 2.84. The van der Waals surface area contributed by atoms with Gasteiger partial charge in [-0.2, -0.15) is 0 Å². The van der Waals surface area contributed by atoms with E-state index in [0.29, 0.717) is 16.9 Å². The molecule has 0 spiro atoms. The second-order valence-electron chi connectivity index (χ2n) is 8.89. The lowest BCUT2D eigenvalue weighted by atomic mass is 10.1. The number of nitrogens with one attached hydrogen (secondary N) is 2. The van der Waals surface area contributed by atoms with Crippen molar-refractivity contribution in [2.45, 2.75) is 46.2 Å². The van der Waals surface area contributed by atoms with E-state index in [1.54, 1.807) is 43.3 Å². The van der Waals surface area contributed by atoms with Gasteiger partial charge < -0.3 is 10.6 Å². The standard InChI is InChI=1S/C28H33N3O4S/c1-6-26(31(36(5,34)35)23-17-16-19(2)20(3)18-23)28(33)30-25-15-11-10-14-24(25)27(32)29-21(4)22-12-8-7-9-13-22/h7-18,21,26H,6H2,1-5H3,(H,29,32)(H,30,33)/t21-,26+/m0/s1. The van der Waals surface area contributed by atoms with Crippen molar-refractivity contribution in [1.82, 2.24) is 5.32 Å². The Morgan fingerprint density at radius 2 is 1.56 bits per heavy atom. The van der Waals surface area contributed by atoms with Gasteiger partial charge in [-0.05, 0) is 68.1 Å². The average molecular weight is 508 g/mol. The van der Waals surface area contributed by atoms with Crippen molar-refractivity contribution in [3.05, 3.63) is 95.1 Å². The monoisotopic (exact) mass is 507 g/mol. The molecule has 0 aliphatic heterocycles. The maximum Gasteiger partial charge on any atom is 0.253 e. The minimum Gasteiger partial charge on any atom is -0.345 e. The second kappa shape index (κ2) is 11.4. The zero-order valence-corrected chi connectivity index (χ0v) is 22.1. The number of nitrogens with zero attached hydrogens (tertiary/aromatic N) is 1. The number of rotatable bonds is 9. The lowest BCUT2D eigenvalue weighted by Gasteiger charge is -2.30. The summed E-state index contributed by atoms with van der Waals surface area (Å²) in [6, 6.07) is 20.3. The van der Waals surface area contributed by atoms with Crippen LogP contribution in [0.3, 0.4) is 0 Å². The number of benzene rings is 3. The largest absolute Gasteiger partial charge is 0.345 e. The number of carbonyl (C=O) groups is 2. The molecule has 0 heterocycles. The molecule has 8 heteroatoms. The summed E-state index contributed by atoms with van der Waals surface area (Å²) < 4.78 is 26.7. The summed E-state index contributed by atoms with van der Waals surface area (Å²) in [4.78, 5) is 26.5. The third kappa shape index (κ3) is 6.31. The van der Waals surface area contributed by atoms with Gasteiger partial charge in [-0.3, -0.25) is 13.9 Å². The fourth-order valence-corrected chi connectivity index (χ4v) is 5.23. The molecule has 2 amide bonds. The van der Waals surface area contributed by atoms with Gasteiger partial charge in [0.1, 0.15) is 6.04 Å². The van der Waals surface area contributed by atoms with Crippen LogP contribution in [0.5, 0.6) is 0 Å². The van der Waals surface area contributed by atoms with E-state index in [1.807, 2.05) is 57.2 Å². The number of anilines is 2. The van der Waals surface area contributed by atoms with Crippen LogP contribution in [-0.4, -0.2) is 32.5 Å². The van der Waals surface area contributed by atoms with E-state index in [1.165, 1.54) is 0 Å². The quantitative estimate of drug-likeness (QED) is 0.427. The van der Waals surface area contributed by atoms with Crippen LogP contribution in [0.2, 0.25) is 0 Å². The molecule has 0 unspecified atom stereocenters. The summed E-state index contributed by atoms with van der Waals surface area (Å²) in [5, 5.41) is 5.76. The first-order valence-electron chi connectivity index (χ1n) is 11.8. The van der Waals surface area contributed by atoms with E-state index in [4.69, 9.17) is 0 Å². The normalized spacial score (nSPS) is 12.9. The minimum atomic E-state index is -3.78. The highest BCUT2D eigenvalue weighted by molar-refractivity contribution is 7.92. The summed E-state index contributed by atoms with van der Waals surface area (Å²) in [6.07, 6.45) is 1.33. The molecule has 3 aromatic carbocycles. The highest BCUT2D eigenvalue weighted by atomic mass is 32.2. The maximum atomic E-state index is 13.4. The van der Waals surface area contributed by atoms with Gasteiger partial charge in [-0.1, -0.05) is 55.5 Å². The molecule has 0 fully saturated rings. The Balaban J connectivity index is 1.88. The number of carbonyl (C=O) groups excluding carboxylic acids is 2. The SMILES string of the molecule is CC[C@H](C(=O)Nc1ccccc1C(=O)N[C@@H](C)c1ccccc1)N(c1ccc(C)c(C)c1)S(C)(=O)=O. The van der Waals surface area contributed by atoms with E-state index in [2.05, 4.69) is 10.6 Å². The van der Waals surface area contributed by atoms with Crippen LogP contribution in [0, 0.1) is 13.8 Å². The topological polar surface area (TPSA) is 95.6 Å². The zero-order chi connectivity index (χ0) is 26.5. The van der Waals surface area contributed by atoms with Crippen LogP contribution in [0.1, 0.15) is 53.4 Å². The first-order chi connectivity index (χ1) is 17.0. The fourth-order valence-electron chi connectivity index (χ4n) is 4.03. The van der Waals surface area contributed by atoms with Crippen LogP contribution in [0.4, 0.5) is 11.4 Å². The van der Waals surface area contributed by atoms with Gasteiger partial charge in [0.2, 0.25) is 15.9 Å². The third-order valence-electron chi connectivity index (χ3n) is 6.15. The van der Waals surface area contributed by atoms with Crippen molar-refractivity contribution < 1.29 is 18.0 Å². The molecule has 0 aromatic heterocycles. The van der Waals surface area contributed by atoms with Crippen LogP contribution in [0.15, 0.2) is 72.8 Å². The lowest BCUT2D eigenvalue weighted by Crippen LogP contribution is -2.47. The fraction of sp³-hybridized carbons (Fsp3) is 0.286. The number of hydrogen-bond acceptors (Lipinski definition) is 4. The van der Waals surface area contributed by atoms with Crippen LogP contribution in [0.25, 0.3) is 0 Å². The molecule has 0 aliphatic carbocycles. The summed E-state index contributed by atoms with van der Waals surface area (Å²) in [7, 11) is -3.78. The molecule has 0 aliphatic rings. The highest BCUT2D eigenvalue weighted by Gasteiger charge is 2.32. The maximum absolute atomic E-state index is 13.4. The Kier molecular flexibility index (Phi) is 8.53. The van der Waals surface area contributed by atoms with Crippen molar-refractivity contribution >= 4 is 33.2 Å². The summed E-state index contributed by atoms with van der Waals surface area (Å²) in [5.41, 5.74) is 3.93. The Morgan fingerprint density at radius 1 is 0.917 bits per heavy atom. The van der Waals surface area contributed by atoms with Gasteiger partial charge in [-0.15, -0.1) is 0 Å². The first-order valence-corrected chi connectivity index (χ1v) is 13.7. The number of sulfonamides is 1. The molecule has 2 atom stereocenters. The van der Waals surface area contributed by atoms with Crippen molar-refractivity contribution in [3.63, 3.8) is 0 Å². The van der Waals surface area contributed by atoms with E-state index < -0.39 is 22.0 Å². The predicted molar refractivity (Wildman–Crippen MR) is 145 cm³/mol. The Hall–Kier alpha value is -3.65. The molecule has 3 aromatic rings. The Morgan fingerprint density at radius 3 is 2.17 bits per heavy atom. The molecule has 0 radical (unpaired) electrons. The predicted octanol–water partition coefficient (Wildman–Crippen LogP) is 4.98. The lowest BCUT2D eigenvalue weighted by molar-refractivity contribution is -0.117. The van der Waals surface area contributed by atoms with Gasteiger partial charge in [0.15, 0.2) is 0 Å². The van der Waals surface area contributed by atoms with Gasteiger partial charge in [0, 0.05) is 0 Å². The Bertz CT molecular complexity index is 1340. The van der Waals surface area contributed by atoms with E-state index in [-0.39, 0.29) is 18.4 Å². The highest BCUT2D eigenvalue weighted by Crippen LogP contribution is 2.26. The van der Waals surface area contributed by atoms with Crippen LogP contribution in [-0.2, 0) is 14.8 Å². The third-order valence-corrected chi connectivity index (χ3v) is 7.33. The van der Waals surface area contributed by atoms with E-state index in [9.17, 15) is 18.0 Å². The molecule has 2 N–H and O–H groups in total. The van der Waals surface area contributed by atoms with Crippen molar-refractivity contribution in [3.8, 4) is 0 Å². The smallest absolute Gasteiger partial charge is 0.253 e. The molecule has 0 bridgehead atoms. The van der Waals surface area contributed by atoms with Gasteiger partial charge in [-0.25, -0.2) is 8.42 Å². The molecule has 36 heavy (non-hydrogen) atoms. The molecule has 0 saturated heterocycles. The van der Waals surface area contributed by atoms with Gasteiger partial charge in [0.25, 0.3) is 5.91 Å². The van der Waals surface area contributed by atoms with E-state index >= 15 is 0 Å². The molecular weight excluding hydrogens is 474 g/mol. The molecule has 7 nitrogen and oxygen atoms in total. The Labute approximate surface area is 213 Å². The number of aryl methyl sites for hydroxylation is 2.